The molecule has 5 heteroatoms. The maximum absolute atomic E-state index is 12.8. The molecule has 0 radical (unpaired) electrons. The number of amides is 1. The van der Waals surface area contributed by atoms with Gasteiger partial charge in [0.05, 0.1) is 7.11 Å². The summed E-state index contributed by atoms with van der Waals surface area (Å²) in [6.07, 6.45) is 1.94. The molecule has 1 aliphatic heterocycles. The molecule has 0 spiro atoms. The van der Waals surface area contributed by atoms with E-state index < -0.39 is 11.0 Å². The molecule has 0 N–H and O–H groups in total. The van der Waals surface area contributed by atoms with E-state index in [9.17, 15) is 4.79 Å². The van der Waals surface area contributed by atoms with Crippen molar-refractivity contribution in [3.8, 4) is 5.75 Å². The first-order valence-electron chi connectivity index (χ1n) is 8.02. The Labute approximate surface area is 152 Å². The van der Waals surface area contributed by atoms with Gasteiger partial charge in [-0.3, -0.25) is 9.69 Å². The van der Waals surface area contributed by atoms with Gasteiger partial charge in [-0.15, -0.1) is 6.58 Å². The first kappa shape index (κ1) is 17.6. The quantitative estimate of drug-likeness (QED) is 0.553. The molecule has 4 nitrogen and oxygen atoms in total. The van der Waals surface area contributed by atoms with Crippen LogP contribution in [0.2, 0.25) is 0 Å². The van der Waals surface area contributed by atoms with Gasteiger partial charge in [-0.1, -0.05) is 36.0 Å². The highest BCUT2D eigenvalue weighted by atomic mass is 32.2. The fraction of sp³-hybridized carbons (Fsp3) is 0.250. The average molecular weight is 355 g/mol. The molecule has 0 bridgehead atoms. The lowest BCUT2D eigenvalue weighted by Crippen LogP contribution is -2.73. The molecule has 1 heterocycles. The SMILES string of the molecule is C=CCC1(Sc2ccccc2)C(OC)C(=O)N1c1ccc(OC)cc1. The summed E-state index contributed by atoms with van der Waals surface area (Å²) in [4.78, 5) is 15.1. The molecule has 1 amide bonds. The molecule has 2 aromatic rings. The summed E-state index contributed by atoms with van der Waals surface area (Å²) in [7, 11) is 3.20. The van der Waals surface area contributed by atoms with Gasteiger partial charge in [0.25, 0.3) is 5.91 Å². The zero-order valence-corrected chi connectivity index (χ0v) is 15.2. The Morgan fingerprint density at radius 1 is 1.16 bits per heavy atom. The Hall–Kier alpha value is -2.24. The highest BCUT2D eigenvalue weighted by Crippen LogP contribution is 2.51. The summed E-state index contributed by atoms with van der Waals surface area (Å²) in [5.41, 5.74) is 0.824. The van der Waals surface area contributed by atoms with Crippen LogP contribution in [-0.4, -0.2) is 31.1 Å². The van der Waals surface area contributed by atoms with Crippen LogP contribution in [0.4, 0.5) is 5.69 Å². The van der Waals surface area contributed by atoms with Gasteiger partial charge in [-0.2, -0.15) is 0 Å². The molecule has 1 saturated heterocycles. The standard InChI is InChI=1S/C20H21NO3S/c1-4-14-20(25-17-8-6-5-7-9-17)18(24-3)19(22)21(20)15-10-12-16(23-2)13-11-15/h4-13,18H,1,14H2,2-3H3. The molecular formula is C20H21NO3S. The number of hydrogen-bond donors (Lipinski definition) is 0. The maximum atomic E-state index is 12.8. The van der Waals surface area contributed by atoms with E-state index in [4.69, 9.17) is 9.47 Å². The van der Waals surface area contributed by atoms with Crippen molar-refractivity contribution in [3.05, 3.63) is 67.3 Å². The van der Waals surface area contributed by atoms with Crippen LogP contribution in [0.1, 0.15) is 6.42 Å². The lowest BCUT2D eigenvalue weighted by molar-refractivity contribution is -0.141. The molecule has 1 aliphatic rings. The minimum atomic E-state index is -0.552. The van der Waals surface area contributed by atoms with Gasteiger partial charge in [0.1, 0.15) is 10.6 Å². The van der Waals surface area contributed by atoms with E-state index in [0.29, 0.717) is 6.42 Å². The Morgan fingerprint density at radius 2 is 1.84 bits per heavy atom. The van der Waals surface area contributed by atoms with Crippen molar-refractivity contribution in [3.63, 3.8) is 0 Å². The second-order valence-electron chi connectivity index (χ2n) is 5.74. The molecule has 0 saturated carbocycles. The van der Waals surface area contributed by atoms with Crippen LogP contribution in [0.15, 0.2) is 72.1 Å². The maximum Gasteiger partial charge on any atom is 0.260 e. The largest absolute Gasteiger partial charge is 0.497 e. The van der Waals surface area contributed by atoms with Gasteiger partial charge in [-0.25, -0.2) is 0 Å². The van der Waals surface area contributed by atoms with E-state index in [-0.39, 0.29) is 5.91 Å². The third-order valence-electron chi connectivity index (χ3n) is 4.27. The summed E-state index contributed by atoms with van der Waals surface area (Å²) in [5, 5.41) is 0. The number of thioether (sulfide) groups is 1. The molecule has 25 heavy (non-hydrogen) atoms. The number of carbonyl (C=O) groups excluding carboxylic acids is 1. The van der Waals surface area contributed by atoms with Crippen LogP contribution in [0.5, 0.6) is 5.75 Å². The average Bonchev–Trinajstić information content (AvgIpc) is 2.64. The molecule has 1 fully saturated rings. The summed E-state index contributed by atoms with van der Waals surface area (Å²) in [5.74, 6) is 0.711. The van der Waals surface area contributed by atoms with Crippen molar-refractivity contribution in [1.29, 1.82) is 0 Å². The van der Waals surface area contributed by atoms with E-state index >= 15 is 0 Å². The fourth-order valence-electron chi connectivity index (χ4n) is 3.15. The Balaban J connectivity index is 2.00. The van der Waals surface area contributed by atoms with Crippen LogP contribution in [0, 0.1) is 0 Å². The zero-order valence-electron chi connectivity index (χ0n) is 14.3. The lowest BCUT2D eigenvalue weighted by atomic mass is 9.92. The van der Waals surface area contributed by atoms with Gasteiger partial charge in [0.15, 0.2) is 6.10 Å². The Bertz CT molecular complexity index is 747. The number of rotatable bonds is 7. The number of hydrogen-bond acceptors (Lipinski definition) is 4. The monoisotopic (exact) mass is 355 g/mol. The van der Waals surface area contributed by atoms with Crippen molar-refractivity contribution in [2.75, 3.05) is 19.1 Å². The normalized spacial score (nSPS) is 22.4. The number of ether oxygens (including phenoxy) is 2. The molecule has 0 aromatic heterocycles. The summed E-state index contributed by atoms with van der Waals surface area (Å²) in [6.45, 7) is 3.89. The van der Waals surface area contributed by atoms with E-state index in [2.05, 4.69) is 6.58 Å². The fourth-order valence-corrected chi connectivity index (χ4v) is 4.64. The van der Waals surface area contributed by atoms with Crippen LogP contribution >= 0.6 is 11.8 Å². The van der Waals surface area contributed by atoms with Crippen LogP contribution in [0.3, 0.4) is 0 Å². The highest BCUT2D eigenvalue weighted by Gasteiger charge is 2.61. The summed E-state index contributed by atoms with van der Waals surface area (Å²) in [6, 6.07) is 17.5. The van der Waals surface area contributed by atoms with Crippen molar-refractivity contribution in [1.82, 2.24) is 0 Å². The number of nitrogens with zero attached hydrogens (tertiary/aromatic N) is 1. The smallest absolute Gasteiger partial charge is 0.260 e. The van der Waals surface area contributed by atoms with Gasteiger partial charge in [0.2, 0.25) is 0 Å². The van der Waals surface area contributed by atoms with Crippen molar-refractivity contribution >= 4 is 23.4 Å². The predicted octanol–water partition coefficient (Wildman–Crippen LogP) is 4.12. The number of methoxy groups -OCH3 is 2. The minimum absolute atomic E-state index is 0.0436. The lowest BCUT2D eigenvalue weighted by Gasteiger charge is -2.55. The van der Waals surface area contributed by atoms with Gasteiger partial charge in [0, 0.05) is 24.1 Å². The Kier molecular flexibility index (Phi) is 5.16. The second-order valence-corrected chi connectivity index (χ2v) is 7.12. The number of β-lactam (4-membered cyclic amide) rings is 1. The van der Waals surface area contributed by atoms with Crippen molar-refractivity contribution in [2.24, 2.45) is 0 Å². The van der Waals surface area contributed by atoms with E-state index in [0.717, 1.165) is 16.3 Å². The molecule has 130 valence electrons. The van der Waals surface area contributed by atoms with E-state index in [1.54, 1.807) is 30.9 Å². The van der Waals surface area contributed by atoms with Crippen molar-refractivity contribution in [2.45, 2.75) is 22.3 Å². The van der Waals surface area contributed by atoms with Gasteiger partial charge >= 0.3 is 0 Å². The summed E-state index contributed by atoms with van der Waals surface area (Å²) < 4.78 is 10.8. The number of carbonyl (C=O) groups is 1. The summed E-state index contributed by atoms with van der Waals surface area (Å²) >= 11 is 1.63. The number of anilines is 1. The number of benzene rings is 2. The third-order valence-corrected chi connectivity index (χ3v) is 5.70. The topological polar surface area (TPSA) is 38.8 Å². The van der Waals surface area contributed by atoms with Crippen LogP contribution < -0.4 is 9.64 Å². The molecule has 0 aliphatic carbocycles. The Morgan fingerprint density at radius 3 is 2.40 bits per heavy atom. The van der Waals surface area contributed by atoms with Crippen molar-refractivity contribution < 1.29 is 14.3 Å². The van der Waals surface area contributed by atoms with E-state index in [1.807, 2.05) is 60.7 Å². The molecular weight excluding hydrogens is 334 g/mol. The molecule has 2 aromatic carbocycles. The van der Waals surface area contributed by atoms with Crippen LogP contribution in [0.25, 0.3) is 0 Å². The van der Waals surface area contributed by atoms with Crippen LogP contribution in [-0.2, 0) is 9.53 Å². The first-order chi connectivity index (χ1) is 12.2. The first-order valence-corrected chi connectivity index (χ1v) is 8.84. The van der Waals surface area contributed by atoms with Gasteiger partial charge in [-0.05, 0) is 36.4 Å². The highest BCUT2D eigenvalue weighted by molar-refractivity contribution is 8.01. The molecule has 2 atom stereocenters. The minimum Gasteiger partial charge on any atom is -0.497 e. The zero-order chi connectivity index (χ0) is 17.9. The van der Waals surface area contributed by atoms with Gasteiger partial charge < -0.3 is 9.47 Å². The third kappa shape index (κ3) is 3.05. The molecule has 3 rings (SSSR count). The molecule has 2 unspecified atom stereocenters. The van der Waals surface area contributed by atoms with E-state index in [1.165, 1.54) is 0 Å². The predicted molar refractivity (Wildman–Crippen MR) is 101 cm³/mol. The second kappa shape index (κ2) is 7.33.